The number of aromatic nitrogens is 2. The van der Waals surface area contributed by atoms with E-state index in [-0.39, 0.29) is 17.8 Å². The Morgan fingerprint density at radius 1 is 1.26 bits per heavy atom. The molecule has 0 saturated carbocycles. The van der Waals surface area contributed by atoms with E-state index in [0.717, 1.165) is 25.9 Å². The molecule has 166 valence electrons. The molecular formula is C21H27ClN6O3. The van der Waals surface area contributed by atoms with E-state index in [1.54, 1.807) is 23.1 Å². The van der Waals surface area contributed by atoms with Gasteiger partial charge in [-0.3, -0.25) is 9.59 Å². The minimum atomic E-state index is -0.826. The quantitative estimate of drug-likeness (QED) is 0.519. The highest BCUT2D eigenvalue weighted by Crippen LogP contribution is 2.28. The Kier molecular flexibility index (Phi) is 9.23. The van der Waals surface area contributed by atoms with Crippen molar-refractivity contribution >= 4 is 46.6 Å². The number of carbonyl (C=O) groups is 2. The summed E-state index contributed by atoms with van der Waals surface area (Å²) in [6, 6.07) is 7.11. The summed E-state index contributed by atoms with van der Waals surface area (Å²) in [4.78, 5) is 32.1. The first-order valence-corrected chi connectivity index (χ1v) is 10.2. The molecule has 31 heavy (non-hydrogen) atoms. The van der Waals surface area contributed by atoms with Gasteiger partial charge < -0.3 is 26.4 Å². The molecule has 1 fully saturated rings. The lowest BCUT2D eigenvalue weighted by Crippen LogP contribution is -2.40. The lowest BCUT2D eigenvalue weighted by molar-refractivity contribution is -0.140. The first-order chi connectivity index (χ1) is 14.8. The topological polar surface area (TPSA) is 133 Å². The van der Waals surface area contributed by atoms with Crippen LogP contribution in [-0.4, -0.2) is 51.0 Å². The molecule has 1 aromatic heterocycles. The molecule has 5 N–H and O–H groups in total. The summed E-state index contributed by atoms with van der Waals surface area (Å²) < 4.78 is 0. The SMILES string of the molecule is C=CC(=O)Nc1ccccc1Nc1nc(N)ncc1Cl.CC(O)C(=O)N1CCCCC1. The van der Waals surface area contributed by atoms with Gasteiger partial charge in [-0.15, -0.1) is 0 Å². The van der Waals surface area contributed by atoms with E-state index in [9.17, 15) is 9.59 Å². The van der Waals surface area contributed by atoms with Crippen molar-refractivity contribution in [3.63, 3.8) is 0 Å². The van der Waals surface area contributed by atoms with Gasteiger partial charge in [-0.2, -0.15) is 4.98 Å². The van der Waals surface area contributed by atoms with E-state index < -0.39 is 6.10 Å². The van der Waals surface area contributed by atoms with Crippen molar-refractivity contribution in [1.82, 2.24) is 14.9 Å². The smallest absolute Gasteiger partial charge is 0.251 e. The largest absolute Gasteiger partial charge is 0.384 e. The molecule has 0 radical (unpaired) electrons. The molecule has 2 aromatic rings. The summed E-state index contributed by atoms with van der Waals surface area (Å²) in [7, 11) is 0. The van der Waals surface area contributed by atoms with Crippen LogP contribution in [0.2, 0.25) is 5.02 Å². The van der Waals surface area contributed by atoms with Gasteiger partial charge in [0.1, 0.15) is 11.1 Å². The Morgan fingerprint density at radius 2 is 1.90 bits per heavy atom. The fraction of sp³-hybridized carbons (Fsp3) is 0.333. The van der Waals surface area contributed by atoms with Crippen LogP contribution in [0.3, 0.4) is 0 Å². The molecule has 1 unspecified atom stereocenters. The molecule has 0 spiro atoms. The van der Waals surface area contributed by atoms with Crippen LogP contribution in [0.4, 0.5) is 23.1 Å². The molecule has 1 atom stereocenters. The summed E-state index contributed by atoms with van der Waals surface area (Å²) in [5.41, 5.74) is 6.72. The Morgan fingerprint density at radius 3 is 2.52 bits per heavy atom. The van der Waals surface area contributed by atoms with Crippen LogP contribution in [0.1, 0.15) is 26.2 Å². The predicted molar refractivity (Wildman–Crippen MR) is 122 cm³/mol. The van der Waals surface area contributed by atoms with E-state index in [1.165, 1.54) is 25.6 Å². The van der Waals surface area contributed by atoms with Crippen molar-refractivity contribution in [3.8, 4) is 0 Å². The highest BCUT2D eigenvalue weighted by atomic mass is 35.5. The van der Waals surface area contributed by atoms with Crippen LogP contribution in [0.5, 0.6) is 0 Å². The van der Waals surface area contributed by atoms with E-state index in [0.29, 0.717) is 22.2 Å². The number of nitrogens with two attached hydrogens (primary N) is 1. The first kappa shape index (κ1) is 24.1. The fourth-order valence-corrected chi connectivity index (χ4v) is 3.00. The Bertz CT molecular complexity index is 916. The van der Waals surface area contributed by atoms with Crippen LogP contribution in [0.25, 0.3) is 0 Å². The zero-order chi connectivity index (χ0) is 22.8. The van der Waals surface area contributed by atoms with E-state index in [1.807, 2.05) is 6.07 Å². The van der Waals surface area contributed by atoms with Crippen molar-refractivity contribution in [2.45, 2.75) is 32.3 Å². The van der Waals surface area contributed by atoms with Gasteiger partial charge in [0, 0.05) is 13.1 Å². The van der Waals surface area contributed by atoms with Crippen LogP contribution < -0.4 is 16.4 Å². The third-order valence-corrected chi connectivity index (χ3v) is 4.69. The van der Waals surface area contributed by atoms with Crippen molar-refractivity contribution in [1.29, 1.82) is 0 Å². The summed E-state index contributed by atoms with van der Waals surface area (Å²) in [5.74, 6) is 0.0289. The average molecular weight is 447 g/mol. The Balaban J connectivity index is 0.000000262. The minimum absolute atomic E-state index is 0.101. The number of carbonyl (C=O) groups excluding carboxylic acids is 2. The van der Waals surface area contributed by atoms with Gasteiger partial charge >= 0.3 is 0 Å². The third kappa shape index (κ3) is 7.54. The fourth-order valence-electron chi connectivity index (χ4n) is 2.86. The van der Waals surface area contributed by atoms with Gasteiger partial charge in [-0.05, 0) is 44.4 Å². The minimum Gasteiger partial charge on any atom is -0.384 e. The van der Waals surface area contributed by atoms with Crippen LogP contribution in [0, 0.1) is 0 Å². The van der Waals surface area contributed by atoms with Crippen molar-refractivity contribution in [2.75, 3.05) is 29.5 Å². The number of aliphatic hydroxyl groups is 1. The van der Waals surface area contributed by atoms with Crippen molar-refractivity contribution < 1.29 is 14.7 Å². The molecule has 1 saturated heterocycles. The Hall–Kier alpha value is -3.17. The monoisotopic (exact) mass is 446 g/mol. The molecule has 10 heteroatoms. The van der Waals surface area contributed by atoms with E-state index in [2.05, 4.69) is 27.2 Å². The first-order valence-electron chi connectivity index (χ1n) is 9.86. The number of aliphatic hydroxyl groups excluding tert-OH is 1. The van der Waals surface area contributed by atoms with Gasteiger partial charge in [0.05, 0.1) is 17.6 Å². The summed E-state index contributed by atoms with van der Waals surface area (Å²) in [5, 5.41) is 15.0. The zero-order valence-electron chi connectivity index (χ0n) is 17.3. The molecule has 2 amide bonds. The average Bonchev–Trinajstić information content (AvgIpc) is 2.78. The lowest BCUT2D eigenvalue weighted by atomic mass is 10.1. The van der Waals surface area contributed by atoms with Gasteiger partial charge in [-0.25, -0.2) is 4.98 Å². The van der Waals surface area contributed by atoms with Crippen LogP contribution in [0.15, 0.2) is 43.1 Å². The number of nitrogens with zero attached hydrogens (tertiary/aromatic N) is 3. The molecular weight excluding hydrogens is 420 g/mol. The van der Waals surface area contributed by atoms with Gasteiger partial charge in [-0.1, -0.05) is 30.3 Å². The van der Waals surface area contributed by atoms with Crippen molar-refractivity contribution in [3.05, 3.63) is 48.1 Å². The number of likely N-dealkylation sites (tertiary alicyclic amines) is 1. The molecule has 2 heterocycles. The van der Waals surface area contributed by atoms with Crippen molar-refractivity contribution in [2.24, 2.45) is 0 Å². The lowest BCUT2D eigenvalue weighted by Gasteiger charge is -2.27. The van der Waals surface area contributed by atoms with Gasteiger partial charge in [0.2, 0.25) is 11.9 Å². The molecule has 0 aliphatic carbocycles. The predicted octanol–water partition coefficient (Wildman–Crippen LogP) is 2.96. The number of amides is 2. The second kappa shape index (κ2) is 11.9. The number of piperidine rings is 1. The highest BCUT2D eigenvalue weighted by Gasteiger charge is 2.19. The molecule has 9 nitrogen and oxygen atoms in total. The van der Waals surface area contributed by atoms with E-state index >= 15 is 0 Å². The normalized spacial score (nSPS) is 14.0. The number of nitrogens with one attached hydrogen (secondary N) is 2. The molecule has 0 bridgehead atoms. The van der Waals surface area contributed by atoms with Crippen LogP contribution in [-0.2, 0) is 9.59 Å². The number of hydrogen-bond acceptors (Lipinski definition) is 7. The van der Waals surface area contributed by atoms with Crippen LogP contribution >= 0.6 is 11.6 Å². The third-order valence-electron chi connectivity index (χ3n) is 4.41. The number of benzene rings is 1. The van der Waals surface area contributed by atoms with E-state index in [4.69, 9.17) is 22.4 Å². The summed E-state index contributed by atoms with van der Waals surface area (Å²) >= 11 is 5.98. The summed E-state index contributed by atoms with van der Waals surface area (Å²) in [6.45, 7) is 6.58. The standard InChI is InChI=1S/C13H12ClN5O.C8H15NO2/c1-2-11(20)17-9-5-3-4-6-10(9)18-12-8(14)7-16-13(15)19-12;1-7(10)8(11)9-5-3-2-4-6-9/h2-7H,1H2,(H,17,20)(H3,15,16,18,19);7,10H,2-6H2,1H3. The van der Waals surface area contributed by atoms with Gasteiger partial charge in [0.25, 0.3) is 5.91 Å². The number of para-hydroxylation sites is 2. The number of nitrogen functional groups attached to an aromatic ring is 1. The maximum absolute atomic E-state index is 11.4. The number of rotatable bonds is 5. The number of halogens is 1. The van der Waals surface area contributed by atoms with Gasteiger partial charge in [0.15, 0.2) is 5.82 Å². The summed E-state index contributed by atoms with van der Waals surface area (Å²) in [6.07, 6.45) is 5.14. The number of hydrogen-bond donors (Lipinski definition) is 4. The molecule has 1 aromatic carbocycles. The molecule has 3 rings (SSSR count). The molecule has 1 aliphatic rings. The second-order valence-electron chi connectivity index (χ2n) is 6.85. The maximum atomic E-state index is 11.4. The number of anilines is 4. The Labute approximate surface area is 186 Å². The second-order valence-corrected chi connectivity index (χ2v) is 7.26. The zero-order valence-corrected chi connectivity index (χ0v) is 18.1. The highest BCUT2D eigenvalue weighted by molar-refractivity contribution is 6.33. The molecule has 1 aliphatic heterocycles. The maximum Gasteiger partial charge on any atom is 0.251 e.